The number of nitrogens with zero attached hydrogens (tertiary/aromatic N) is 2. The predicted molar refractivity (Wildman–Crippen MR) is 109 cm³/mol. The molecule has 1 saturated heterocycles. The Morgan fingerprint density at radius 1 is 0.966 bits per heavy atom. The number of hydrogen-bond donors (Lipinski definition) is 0. The number of Topliss-reactive ketones (excluding diaryl/α,β-unsaturated/α-hetero) is 1. The molecule has 1 heterocycles. The van der Waals surface area contributed by atoms with E-state index in [-0.39, 0.29) is 12.5 Å². The summed E-state index contributed by atoms with van der Waals surface area (Å²) in [7, 11) is 1.60. The monoisotopic (exact) mass is 392 g/mol. The molecule has 0 N–H and O–H groups in total. The van der Waals surface area contributed by atoms with Crippen molar-refractivity contribution in [2.24, 2.45) is 0 Å². The van der Waals surface area contributed by atoms with Crippen molar-refractivity contribution in [1.82, 2.24) is 4.90 Å². The van der Waals surface area contributed by atoms with E-state index in [2.05, 4.69) is 0 Å². The van der Waals surface area contributed by atoms with E-state index in [1.54, 1.807) is 37.4 Å². The molecule has 4 rings (SSSR count). The highest BCUT2D eigenvalue weighted by Gasteiger charge is 2.49. The van der Waals surface area contributed by atoms with E-state index in [4.69, 9.17) is 4.74 Å². The van der Waals surface area contributed by atoms with Gasteiger partial charge in [-0.05, 0) is 37.1 Å². The Kier molecular flexibility index (Phi) is 5.09. The number of anilines is 1. The largest absolute Gasteiger partial charge is 0.497 e. The number of methoxy groups -OCH3 is 1. The van der Waals surface area contributed by atoms with Crippen LogP contribution in [0, 0.1) is 0 Å². The summed E-state index contributed by atoms with van der Waals surface area (Å²) in [5.41, 5.74) is 0.693. The van der Waals surface area contributed by atoms with E-state index >= 15 is 0 Å². The molecular weight excluding hydrogens is 368 g/mol. The van der Waals surface area contributed by atoms with Crippen LogP contribution in [-0.4, -0.2) is 48.2 Å². The number of piperazine rings is 1. The zero-order valence-electron chi connectivity index (χ0n) is 16.5. The van der Waals surface area contributed by atoms with Gasteiger partial charge in [0.1, 0.15) is 12.3 Å². The van der Waals surface area contributed by atoms with E-state index in [1.807, 2.05) is 29.2 Å². The smallest absolute Gasteiger partial charge is 0.295 e. The summed E-state index contributed by atoms with van der Waals surface area (Å²) in [5, 5.41) is 0. The van der Waals surface area contributed by atoms with Crippen LogP contribution in [0.2, 0.25) is 0 Å². The van der Waals surface area contributed by atoms with Crippen molar-refractivity contribution in [3.05, 3.63) is 60.2 Å². The lowest BCUT2D eigenvalue weighted by Crippen LogP contribution is -2.65. The maximum atomic E-state index is 13.2. The summed E-state index contributed by atoms with van der Waals surface area (Å²) in [5.74, 6) is -0.601. The van der Waals surface area contributed by atoms with Crippen LogP contribution in [0.15, 0.2) is 54.6 Å². The Bertz CT molecular complexity index is 918. The van der Waals surface area contributed by atoms with Gasteiger partial charge in [-0.25, -0.2) is 0 Å². The first-order chi connectivity index (χ1) is 14.0. The Balaban J connectivity index is 1.62. The Morgan fingerprint density at radius 2 is 1.62 bits per heavy atom. The number of carbonyl (C=O) groups excluding carboxylic acids is 3. The van der Waals surface area contributed by atoms with Crippen LogP contribution in [0.5, 0.6) is 5.75 Å². The zero-order chi connectivity index (χ0) is 20.4. The van der Waals surface area contributed by atoms with Gasteiger partial charge >= 0.3 is 0 Å². The van der Waals surface area contributed by atoms with Gasteiger partial charge in [-0.2, -0.15) is 0 Å². The predicted octanol–water partition coefficient (Wildman–Crippen LogP) is 3.07. The van der Waals surface area contributed by atoms with Crippen molar-refractivity contribution in [1.29, 1.82) is 0 Å². The third-order valence-corrected chi connectivity index (χ3v) is 5.92. The van der Waals surface area contributed by atoms with Crippen LogP contribution in [0.1, 0.15) is 36.0 Å². The van der Waals surface area contributed by atoms with Gasteiger partial charge in [0.15, 0.2) is 0 Å². The highest BCUT2D eigenvalue weighted by atomic mass is 16.5. The maximum absolute atomic E-state index is 13.2. The molecule has 1 aliphatic heterocycles. The van der Waals surface area contributed by atoms with Crippen molar-refractivity contribution >= 4 is 23.3 Å². The molecule has 150 valence electrons. The molecule has 2 amide bonds. The summed E-state index contributed by atoms with van der Waals surface area (Å²) in [6.07, 6.45) is 3.62. The molecule has 0 bridgehead atoms. The third kappa shape index (κ3) is 3.50. The topological polar surface area (TPSA) is 66.9 Å². The molecule has 2 aromatic carbocycles. The summed E-state index contributed by atoms with van der Waals surface area (Å²) in [6, 6.07) is 15.9. The number of carbonyl (C=O) groups is 3. The van der Waals surface area contributed by atoms with E-state index in [0.717, 1.165) is 37.1 Å². The van der Waals surface area contributed by atoms with Crippen molar-refractivity contribution in [3.63, 3.8) is 0 Å². The van der Waals surface area contributed by atoms with Crippen molar-refractivity contribution in [2.75, 3.05) is 25.1 Å². The van der Waals surface area contributed by atoms with Gasteiger partial charge in [-0.1, -0.05) is 43.2 Å². The fourth-order valence-electron chi connectivity index (χ4n) is 4.54. The Labute approximate surface area is 170 Å². The second kappa shape index (κ2) is 7.70. The Morgan fingerprint density at radius 3 is 2.24 bits per heavy atom. The molecule has 1 spiro atoms. The lowest BCUT2D eigenvalue weighted by molar-refractivity contribution is -0.136. The van der Waals surface area contributed by atoms with Gasteiger partial charge < -0.3 is 14.5 Å². The van der Waals surface area contributed by atoms with Gasteiger partial charge in [0.2, 0.25) is 11.7 Å². The summed E-state index contributed by atoms with van der Waals surface area (Å²) < 4.78 is 5.22. The van der Waals surface area contributed by atoms with Crippen molar-refractivity contribution < 1.29 is 19.1 Å². The second-order valence-electron chi connectivity index (χ2n) is 7.71. The van der Waals surface area contributed by atoms with Crippen LogP contribution in [0.4, 0.5) is 5.69 Å². The van der Waals surface area contributed by atoms with E-state index in [0.29, 0.717) is 12.1 Å². The zero-order valence-corrected chi connectivity index (χ0v) is 16.5. The minimum absolute atomic E-state index is 0.0921. The lowest BCUT2D eigenvalue weighted by atomic mass is 9.90. The van der Waals surface area contributed by atoms with Crippen LogP contribution in [-0.2, 0) is 9.59 Å². The fraction of sp³-hybridized carbons (Fsp3) is 0.348. The molecule has 6 nitrogen and oxygen atoms in total. The Hall–Kier alpha value is -3.15. The minimum atomic E-state index is -0.606. The highest BCUT2D eigenvalue weighted by Crippen LogP contribution is 2.41. The average Bonchev–Trinajstić information content (AvgIpc) is 3.21. The van der Waals surface area contributed by atoms with Gasteiger partial charge in [0.25, 0.3) is 5.91 Å². The summed E-state index contributed by atoms with van der Waals surface area (Å²) in [6.45, 7) is 0.285. The normalized spacial score (nSPS) is 18.2. The third-order valence-electron chi connectivity index (χ3n) is 5.92. The summed E-state index contributed by atoms with van der Waals surface area (Å²) in [4.78, 5) is 42.0. The molecule has 2 fully saturated rings. The van der Waals surface area contributed by atoms with Gasteiger partial charge in [-0.3, -0.25) is 14.4 Å². The van der Waals surface area contributed by atoms with Crippen LogP contribution >= 0.6 is 0 Å². The second-order valence-corrected chi connectivity index (χ2v) is 7.71. The quantitative estimate of drug-likeness (QED) is 0.592. The minimum Gasteiger partial charge on any atom is -0.497 e. The van der Waals surface area contributed by atoms with Gasteiger partial charge in [0.05, 0.1) is 12.6 Å². The molecule has 0 atom stereocenters. The molecule has 0 radical (unpaired) electrons. The van der Waals surface area contributed by atoms with E-state index in [1.165, 1.54) is 4.90 Å². The number of hydrogen-bond acceptors (Lipinski definition) is 4. The lowest BCUT2D eigenvalue weighted by Gasteiger charge is -2.48. The van der Waals surface area contributed by atoms with Crippen molar-refractivity contribution in [3.8, 4) is 5.75 Å². The molecule has 1 aliphatic carbocycles. The van der Waals surface area contributed by atoms with Crippen molar-refractivity contribution in [2.45, 2.75) is 31.2 Å². The number of amides is 2. The highest BCUT2D eigenvalue weighted by molar-refractivity contribution is 6.43. The number of ether oxygens (including phenoxy) is 1. The standard InChI is InChI=1S/C23H24N2O4/c1-29-19-11-9-18(10-12-19)25-20(26)15-24(16-23(25)13-5-6-14-23)22(28)21(27)17-7-3-2-4-8-17/h2-4,7-12H,5-6,13-16H2,1H3. The maximum Gasteiger partial charge on any atom is 0.295 e. The van der Waals surface area contributed by atoms with Crippen LogP contribution in [0.3, 0.4) is 0 Å². The first kappa shape index (κ1) is 19.2. The molecule has 0 unspecified atom stereocenters. The summed E-state index contributed by atoms with van der Waals surface area (Å²) >= 11 is 0. The molecular formula is C23H24N2O4. The fourth-order valence-corrected chi connectivity index (χ4v) is 4.54. The molecule has 2 aliphatic rings. The van der Waals surface area contributed by atoms with Crippen LogP contribution in [0.25, 0.3) is 0 Å². The van der Waals surface area contributed by atoms with E-state index in [9.17, 15) is 14.4 Å². The number of rotatable bonds is 4. The van der Waals surface area contributed by atoms with Crippen LogP contribution < -0.4 is 9.64 Å². The van der Waals surface area contributed by atoms with Gasteiger partial charge in [-0.15, -0.1) is 0 Å². The molecule has 2 aromatic rings. The SMILES string of the molecule is COc1ccc(N2C(=O)CN(C(=O)C(=O)c3ccccc3)CC23CCCC3)cc1. The molecule has 1 saturated carbocycles. The van der Waals surface area contributed by atoms with E-state index < -0.39 is 17.2 Å². The number of ketones is 1. The molecule has 29 heavy (non-hydrogen) atoms. The molecule has 6 heteroatoms. The van der Waals surface area contributed by atoms with Gasteiger partial charge in [0, 0.05) is 17.8 Å². The first-order valence-corrected chi connectivity index (χ1v) is 9.90. The molecule has 0 aromatic heterocycles. The number of benzene rings is 2. The first-order valence-electron chi connectivity index (χ1n) is 9.90. The average molecular weight is 392 g/mol.